The maximum Gasteiger partial charge on any atom is 0.349 e. The first-order valence-corrected chi connectivity index (χ1v) is 11.8. The molecule has 3 rings (SSSR count). The number of likely N-dealkylation sites (N-methyl/N-ethyl adjacent to an activating group) is 1. The maximum atomic E-state index is 12.5. The Kier molecular flexibility index (Phi) is 6.20. The fraction of sp³-hybridized carbons (Fsp3) is 0.400. The van der Waals surface area contributed by atoms with Gasteiger partial charge in [-0.3, -0.25) is 4.79 Å². The van der Waals surface area contributed by atoms with Gasteiger partial charge >= 0.3 is 5.97 Å². The number of aryl methyl sites for hydroxylation is 1. The van der Waals surface area contributed by atoms with Crippen LogP contribution in [0.1, 0.15) is 28.6 Å². The Balaban J connectivity index is 1.65. The number of thiophene rings is 1. The van der Waals surface area contributed by atoms with Crippen LogP contribution >= 0.6 is 11.3 Å². The molecule has 8 heteroatoms. The zero-order valence-electron chi connectivity index (χ0n) is 15.9. The summed E-state index contributed by atoms with van der Waals surface area (Å²) in [7, 11) is -3.09. The van der Waals surface area contributed by atoms with E-state index in [1.807, 2.05) is 42.6 Å². The van der Waals surface area contributed by atoms with Crippen LogP contribution in [-0.4, -0.2) is 55.9 Å². The van der Waals surface area contributed by atoms with Crippen LogP contribution in [0.2, 0.25) is 0 Å². The Bertz CT molecular complexity index is 963. The predicted octanol–water partition coefficient (Wildman–Crippen LogP) is 2.92. The van der Waals surface area contributed by atoms with Crippen LogP contribution in [0.25, 0.3) is 11.1 Å². The second kappa shape index (κ2) is 8.45. The van der Waals surface area contributed by atoms with Crippen LogP contribution < -0.4 is 0 Å². The van der Waals surface area contributed by atoms with Crippen LogP contribution in [0, 0.1) is 6.92 Å². The van der Waals surface area contributed by atoms with Crippen molar-refractivity contribution in [2.75, 3.05) is 24.7 Å². The molecule has 0 N–H and O–H groups in total. The van der Waals surface area contributed by atoms with Gasteiger partial charge in [0.05, 0.1) is 11.5 Å². The molecule has 1 aromatic carbocycles. The summed E-state index contributed by atoms with van der Waals surface area (Å²) in [5.74, 6) is -0.847. The average Bonchev–Trinajstić information content (AvgIpc) is 3.28. The smallest absolute Gasteiger partial charge is 0.349 e. The molecule has 6 nitrogen and oxygen atoms in total. The summed E-state index contributed by atoms with van der Waals surface area (Å²) < 4.78 is 28.6. The van der Waals surface area contributed by atoms with Crippen LogP contribution in [0.3, 0.4) is 0 Å². The summed E-state index contributed by atoms with van der Waals surface area (Å²) >= 11 is 1.27. The van der Waals surface area contributed by atoms with Crippen molar-refractivity contribution in [2.24, 2.45) is 0 Å². The van der Waals surface area contributed by atoms with Gasteiger partial charge in [0.1, 0.15) is 4.88 Å². The van der Waals surface area contributed by atoms with Gasteiger partial charge in [0.15, 0.2) is 16.4 Å². The molecular formula is C20H23NO5S2. The number of carbonyl (C=O) groups excluding carboxylic acids is 2. The first-order chi connectivity index (χ1) is 13.3. The zero-order valence-corrected chi connectivity index (χ0v) is 17.5. The van der Waals surface area contributed by atoms with Crippen LogP contribution in [0.15, 0.2) is 35.7 Å². The van der Waals surface area contributed by atoms with E-state index in [4.69, 9.17) is 4.74 Å². The van der Waals surface area contributed by atoms with E-state index in [1.54, 1.807) is 6.92 Å². The van der Waals surface area contributed by atoms with Gasteiger partial charge in [-0.15, -0.1) is 11.3 Å². The average molecular weight is 422 g/mol. The molecule has 1 amide bonds. The Hall–Kier alpha value is -2.19. The largest absolute Gasteiger partial charge is 0.451 e. The SMILES string of the molecule is CCN(C(=O)COC(=O)c1sccc1-c1ccc(C)cc1)[C@H]1CCS(=O)(=O)C1. The van der Waals surface area contributed by atoms with Crippen molar-refractivity contribution in [3.8, 4) is 11.1 Å². The molecule has 0 spiro atoms. The van der Waals surface area contributed by atoms with E-state index < -0.39 is 22.4 Å². The van der Waals surface area contributed by atoms with Gasteiger partial charge in [0.25, 0.3) is 5.91 Å². The van der Waals surface area contributed by atoms with Crippen molar-refractivity contribution < 1.29 is 22.7 Å². The van der Waals surface area contributed by atoms with Crippen molar-refractivity contribution in [1.29, 1.82) is 0 Å². The van der Waals surface area contributed by atoms with E-state index in [-0.39, 0.29) is 23.5 Å². The molecule has 0 radical (unpaired) electrons. The van der Waals surface area contributed by atoms with Gasteiger partial charge in [-0.1, -0.05) is 29.8 Å². The number of sulfone groups is 1. The lowest BCUT2D eigenvalue weighted by molar-refractivity contribution is -0.136. The molecular weight excluding hydrogens is 398 g/mol. The van der Waals surface area contributed by atoms with Crippen molar-refractivity contribution in [2.45, 2.75) is 26.3 Å². The minimum absolute atomic E-state index is 0.0248. The topological polar surface area (TPSA) is 80.8 Å². The third-order valence-corrected chi connectivity index (χ3v) is 7.49. The molecule has 1 fully saturated rings. The van der Waals surface area contributed by atoms with Crippen LogP contribution in [-0.2, 0) is 19.4 Å². The van der Waals surface area contributed by atoms with Gasteiger partial charge in [-0.25, -0.2) is 13.2 Å². The number of amides is 1. The standard InChI is InChI=1S/C20H23NO5S2/c1-3-21(16-9-11-28(24,25)13-16)18(22)12-26-20(23)19-17(8-10-27-19)15-6-4-14(2)5-7-15/h4-8,10,16H,3,9,11-13H2,1-2H3/t16-/m0/s1. The fourth-order valence-electron chi connectivity index (χ4n) is 3.36. The normalized spacial score (nSPS) is 18.0. The molecule has 150 valence electrons. The Morgan fingerprint density at radius 3 is 2.54 bits per heavy atom. The molecule has 1 aliphatic rings. The van der Waals surface area contributed by atoms with Crippen molar-refractivity contribution >= 4 is 33.1 Å². The second-order valence-electron chi connectivity index (χ2n) is 6.84. The summed E-state index contributed by atoms with van der Waals surface area (Å²) in [5, 5.41) is 1.81. The lowest BCUT2D eigenvalue weighted by Crippen LogP contribution is -2.43. The highest BCUT2D eigenvalue weighted by Crippen LogP contribution is 2.29. The zero-order chi connectivity index (χ0) is 20.3. The van der Waals surface area contributed by atoms with Crippen molar-refractivity contribution in [1.82, 2.24) is 4.90 Å². The molecule has 2 heterocycles. The van der Waals surface area contributed by atoms with Gasteiger partial charge in [0.2, 0.25) is 0 Å². The predicted molar refractivity (Wildman–Crippen MR) is 109 cm³/mol. The molecule has 1 aromatic heterocycles. The molecule has 0 saturated carbocycles. The monoisotopic (exact) mass is 421 g/mol. The summed E-state index contributed by atoms with van der Waals surface area (Å²) in [6, 6.07) is 9.35. The number of nitrogens with zero attached hydrogens (tertiary/aromatic N) is 1. The van der Waals surface area contributed by atoms with E-state index in [2.05, 4.69) is 0 Å². The second-order valence-corrected chi connectivity index (χ2v) is 9.99. The van der Waals surface area contributed by atoms with Crippen LogP contribution in [0.4, 0.5) is 0 Å². The quantitative estimate of drug-likeness (QED) is 0.670. The van der Waals surface area contributed by atoms with E-state index in [9.17, 15) is 18.0 Å². The Morgan fingerprint density at radius 2 is 1.93 bits per heavy atom. The molecule has 2 aromatic rings. The first kappa shape index (κ1) is 20.5. The minimum Gasteiger partial charge on any atom is -0.451 e. The van der Waals surface area contributed by atoms with Gasteiger partial charge < -0.3 is 9.64 Å². The molecule has 28 heavy (non-hydrogen) atoms. The molecule has 1 atom stereocenters. The molecule has 0 aliphatic carbocycles. The third-order valence-electron chi connectivity index (χ3n) is 4.85. The van der Waals surface area contributed by atoms with Crippen LogP contribution in [0.5, 0.6) is 0 Å². The van der Waals surface area contributed by atoms with Crippen molar-refractivity contribution in [3.05, 3.63) is 46.2 Å². The summed E-state index contributed by atoms with van der Waals surface area (Å²) in [5.41, 5.74) is 2.82. The van der Waals surface area contributed by atoms with E-state index in [1.165, 1.54) is 16.2 Å². The Morgan fingerprint density at radius 1 is 1.21 bits per heavy atom. The molecule has 0 unspecified atom stereocenters. The molecule has 0 bridgehead atoms. The van der Waals surface area contributed by atoms with Crippen molar-refractivity contribution in [3.63, 3.8) is 0 Å². The maximum absolute atomic E-state index is 12.5. The number of rotatable bonds is 6. The lowest BCUT2D eigenvalue weighted by Gasteiger charge is -2.26. The van der Waals surface area contributed by atoms with E-state index in [0.717, 1.165) is 16.7 Å². The highest BCUT2D eigenvalue weighted by molar-refractivity contribution is 7.91. The summed E-state index contributed by atoms with van der Waals surface area (Å²) in [4.78, 5) is 27.0. The number of hydrogen-bond acceptors (Lipinski definition) is 6. The van der Waals surface area contributed by atoms with E-state index in [0.29, 0.717) is 17.8 Å². The first-order valence-electron chi connectivity index (χ1n) is 9.12. The molecule has 1 saturated heterocycles. The van der Waals surface area contributed by atoms with Gasteiger partial charge in [0, 0.05) is 18.2 Å². The number of ether oxygens (including phenoxy) is 1. The summed E-state index contributed by atoms with van der Waals surface area (Å²) in [6.07, 6.45) is 0.429. The van der Waals surface area contributed by atoms with Gasteiger partial charge in [-0.2, -0.15) is 0 Å². The number of benzene rings is 1. The molecule has 1 aliphatic heterocycles. The highest BCUT2D eigenvalue weighted by Gasteiger charge is 2.34. The number of esters is 1. The third kappa shape index (κ3) is 4.62. The Labute approximate surface area is 169 Å². The van der Waals surface area contributed by atoms with E-state index >= 15 is 0 Å². The fourth-order valence-corrected chi connectivity index (χ4v) is 5.90. The summed E-state index contributed by atoms with van der Waals surface area (Å²) in [6.45, 7) is 3.77. The highest BCUT2D eigenvalue weighted by atomic mass is 32.2. The number of carbonyl (C=O) groups is 2. The number of hydrogen-bond donors (Lipinski definition) is 0. The lowest BCUT2D eigenvalue weighted by atomic mass is 10.1. The minimum atomic E-state index is -3.09. The van der Waals surface area contributed by atoms with Gasteiger partial charge in [-0.05, 0) is 37.3 Å².